The van der Waals surface area contributed by atoms with Crippen molar-refractivity contribution in [1.29, 1.82) is 0 Å². The fourth-order valence-corrected chi connectivity index (χ4v) is 2.60. The maximum atomic E-state index is 13.0. The fourth-order valence-electron chi connectivity index (χ4n) is 2.44. The van der Waals surface area contributed by atoms with Gasteiger partial charge in [0.2, 0.25) is 0 Å². The first-order valence-electron chi connectivity index (χ1n) is 9.35. The summed E-state index contributed by atoms with van der Waals surface area (Å²) in [6.07, 6.45) is -1.52. The summed E-state index contributed by atoms with van der Waals surface area (Å²) in [5.41, 5.74) is -0.756. The average molecular weight is 481 g/mol. The minimum atomic E-state index is -4.69. The number of urea groups is 1. The molecular weight excluding hydrogens is 461 g/mol. The third kappa shape index (κ3) is 7.69. The molecule has 0 bridgehead atoms. The standard InChI is InChI=1S/C22H20ClF3N4O3/c1-4-14(11-18(13(2)23)22(24,25)26)29-21(32)30-15-5-7-16(8-6-15)33-17-9-10-28-19(12-17)20(31)27-3/h4-12H,1H2,2-3H3,(H,27,31)(H2,29,30,32). The molecule has 1 aromatic heterocycles. The molecule has 33 heavy (non-hydrogen) atoms. The number of nitrogens with one attached hydrogen (secondary N) is 3. The number of hydrogen-bond acceptors (Lipinski definition) is 4. The number of allylic oxidation sites excluding steroid dienone is 4. The lowest BCUT2D eigenvalue weighted by atomic mass is 10.2. The highest BCUT2D eigenvalue weighted by molar-refractivity contribution is 6.29. The van der Waals surface area contributed by atoms with Crippen LogP contribution in [0.25, 0.3) is 0 Å². The van der Waals surface area contributed by atoms with Gasteiger partial charge in [0, 0.05) is 35.7 Å². The first-order chi connectivity index (χ1) is 15.5. The van der Waals surface area contributed by atoms with Gasteiger partial charge in [-0.15, -0.1) is 0 Å². The van der Waals surface area contributed by atoms with Crippen LogP contribution in [0.3, 0.4) is 0 Å². The second kappa shape index (κ2) is 11.2. The summed E-state index contributed by atoms with van der Waals surface area (Å²) in [6, 6.07) is 8.42. The molecule has 2 rings (SSSR count). The minimum Gasteiger partial charge on any atom is -0.457 e. The van der Waals surface area contributed by atoms with Gasteiger partial charge in [0.05, 0.1) is 5.57 Å². The number of ether oxygens (including phenoxy) is 1. The maximum Gasteiger partial charge on any atom is 0.417 e. The number of hydrogen-bond donors (Lipinski definition) is 3. The zero-order chi connectivity index (χ0) is 24.6. The number of anilines is 1. The van der Waals surface area contributed by atoms with Crippen LogP contribution in [0.5, 0.6) is 11.5 Å². The van der Waals surface area contributed by atoms with E-state index in [1.54, 1.807) is 18.2 Å². The Morgan fingerprint density at radius 2 is 1.82 bits per heavy atom. The Bertz CT molecular complexity index is 1090. The van der Waals surface area contributed by atoms with E-state index >= 15 is 0 Å². The van der Waals surface area contributed by atoms with Crippen LogP contribution in [0.2, 0.25) is 0 Å². The second-order valence-electron chi connectivity index (χ2n) is 6.41. The fraction of sp³-hybridized carbons (Fsp3) is 0.136. The molecule has 0 aliphatic rings. The van der Waals surface area contributed by atoms with Crippen LogP contribution in [-0.2, 0) is 0 Å². The molecule has 0 saturated carbocycles. The summed E-state index contributed by atoms with van der Waals surface area (Å²) >= 11 is 5.52. The molecule has 0 spiro atoms. The Morgan fingerprint density at radius 1 is 1.15 bits per heavy atom. The summed E-state index contributed by atoms with van der Waals surface area (Å²) in [5.74, 6) is 0.433. The van der Waals surface area contributed by atoms with E-state index in [-0.39, 0.29) is 17.3 Å². The van der Waals surface area contributed by atoms with Crippen LogP contribution >= 0.6 is 11.6 Å². The topological polar surface area (TPSA) is 92.3 Å². The molecule has 0 fully saturated rings. The number of benzene rings is 1. The average Bonchev–Trinajstić information content (AvgIpc) is 2.76. The lowest BCUT2D eigenvalue weighted by molar-refractivity contribution is -0.0886. The molecule has 0 aliphatic carbocycles. The van der Waals surface area contributed by atoms with Crippen molar-refractivity contribution in [2.45, 2.75) is 13.1 Å². The van der Waals surface area contributed by atoms with Gasteiger partial charge in [-0.1, -0.05) is 18.2 Å². The Kier molecular flexibility index (Phi) is 8.63. The molecule has 0 atom stereocenters. The zero-order valence-electron chi connectivity index (χ0n) is 17.6. The lowest BCUT2D eigenvalue weighted by Crippen LogP contribution is -2.28. The summed E-state index contributed by atoms with van der Waals surface area (Å²) < 4.78 is 44.8. The monoisotopic (exact) mass is 480 g/mol. The Hall–Kier alpha value is -3.79. The number of amides is 3. The highest BCUT2D eigenvalue weighted by Crippen LogP contribution is 2.31. The largest absolute Gasteiger partial charge is 0.457 e. The van der Waals surface area contributed by atoms with E-state index in [0.29, 0.717) is 23.3 Å². The van der Waals surface area contributed by atoms with E-state index < -0.39 is 22.8 Å². The maximum absolute atomic E-state index is 13.0. The smallest absolute Gasteiger partial charge is 0.417 e. The van der Waals surface area contributed by atoms with Gasteiger partial charge in [-0.05, 0) is 49.4 Å². The van der Waals surface area contributed by atoms with Crippen molar-refractivity contribution in [3.8, 4) is 11.5 Å². The number of halogens is 4. The Labute approximate surface area is 193 Å². The first kappa shape index (κ1) is 25.5. The molecule has 3 N–H and O–H groups in total. The normalized spacial score (nSPS) is 12.4. The van der Waals surface area contributed by atoms with Crippen LogP contribution in [0.15, 0.2) is 77.6 Å². The van der Waals surface area contributed by atoms with Crippen molar-refractivity contribution in [3.63, 3.8) is 0 Å². The third-order valence-electron chi connectivity index (χ3n) is 3.99. The molecular formula is C22H20ClF3N4O3. The van der Waals surface area contributed by atoms with Crippen LogP contribution in [0, 0.1) is 0 Å². The highest BCUT2D eigenvalue weighted by Gasteiger charge is 2.34. The van der Waals surface area contributed by atoms with Gasteiger partial charge in [-0.3, -0.25) is 9.78 Å². The molecule has 1 aromatic carbocycles. The molecule has 0 saturated heterocycles. The molecule has 2 aromatic rings. The SMILES string of the molecule is C=CC(=CC(=C(C)Cl)C(F)(F)F)NC(=O)Nc1ccc(Oc2ccnc(C(=O)NC)c2)cc1. The number of carbonyl (C=O) groups is 2. The molecule has 0 aliphatic heterocycles. The van der Waals surface area contributed by atoms with Crippen LogP contribution in [-0.4, -0.2) is 30.1 Å². The Morgan fingerprint density at radius 3 is 2.36 bits per heavy atom. The molecule has 0 unspecified atom stereocenters. The van der Waals surface area contributed by atoms with Gasteiger partial charge in [-0.25, -0.2) is 4.79 Å². The van der Waals surface area contributed by atoms with Crippen LogP contribution in [0.4, 0.5) is 23.7 Å². The number of nitrogens with zero attached hydrogens (tertiary/aromatic N) is 1. The number of pyridine rings is 1. The number of carbonyl (C=O) groups excluding carboxylic acids is 2. The summed E-state index contributed by atoms with van der Waals surface area (Å²) in [6.45, 7) is 4.49. The summed E-state index contributed by atoms with van der Waals surface area (Å²) in [4.78, 5) is 27.8. The summed E-state index contributed by atoms with van der Waals surface area (Å²) in [5, 5.41) is 6.74. The van der Waals surface area contributed by atoms with Gasteiger partial charge in [-0.2, -0.15) is 13.2 Å². The van der Waals surface area contributed by atoms with Crippen LogP contribution in [0.1, 0.15) is 17.4 Å². The molecule has 7 nitrogen and oxygen atoms in total. The lowest BCUT2D eigenvalue weighted by Gasteiger charge is -2.12. The van der Waals surface area contributed by atoms with E-state index in [4.69, 9.17) is 16.3 Å². The highest BCUT2D eigenvalue weighted by atomic mass is 35.5. The molecule has 174 valence electrons. The second-order valence-corrected chi connectivity index (χ2v) is 6.98. The van der Waals surface area contributed by atoms with Crippen molar-refractivity contribution >= 4 is 29.2 Å². The van der Waals surface area contributed by atoms with E-state index in [0.717, 1.165) is 13.0 Å². The number of alkyl halides is 3. The number of aromatic nitrogens is 1. The minimum absolute atomic E-state index is 0.184. The van der Waals surface area contributed by atoms with Crippen molar-refractivity contribution in [2.75, 3.05) is 12.4 Å². The molecule has 0 radical (unpaired) electrons. The van der Waals surface area contributed by atoms with E-state index in [1.165, 1.54) is 31.4 Å². The predicted octanol–water partition coefficient (Wildman–Crippen LogP) is 5.50. The van der Waals surface area contributed by atoms with Crippen molar-refractivity contribution in [3.05, 3.63) is 83.3 Å². The van der Waals surface area contributed by atoms with E-state index in [1.807, 2.05) is 0 Å². The van der Waals surface area contributed by atoms with Gasteiger partial charge in [0.1, 0.15) is 17.2 Å². The van der Waals surface area contributed by atoms with Crippen LogP contribution < -0.4 is 20.7 Å². The van der Waals surface area contributed by atoms with E-state index in [2.05, 4.69) is 27.5 Å². The van der Waals surface area contributed by atoms with Crippen molar-refractivity contribution in [2.24, 2.45) is 0 Å². The van der Waals surface area contributed by atoms with Crippen molar-refractivity contribution in [1.82, 2.24) is 15.6 Å². The summed E-state index contributed by atoms with van der Waals surface area (Å²) in [7, 11) is 1.48. The van der Waals surface area contributed by atoms with E-state index in [9.17, 15) is 22.8 Å². The van der Waals surface area contributed by atoms with Gasteiger partial charge in [0.15, 0.2) is 0 Å². The zero-order valence-corrected chi connectivity index (χ0v) is 18.3. The Balaban J connectivity index is 2.05. The quantitative estimate of drug-likeness (QED) is 0.456. The molecule has 1 heterocycles. The van der Waals surface area contributed by atoms with Gasteiger partial charge >= 0.3 is 12.2 Å². The molecule has 11 heteroatoms. The van der Waals surface area contributed by atoms with Gasteiger partial charge in [0.25, 0.3) is 5.91 Å². The first-order valence-corrected chi connectivity index (χ1v) is 9.73. The molecule has 3 amide bonds. The van der Waals surface area contributed by atoms with Crippen molar-refractivity contribution < 1.29 is 27.5 Å². The third-order valence-corrected chi connectivity index (χ3v) is 4.20. The van der Waals surface area contributed by atoms with Gasteiger partial charge < -0.3 is 20.7 Å². The number of rotatable bonds is 7. The predicted molar refractivity (Wildman–Crippen MR) is 119 cm³/mol.